The fraction of sp³-hybridized carbons (Fsp3) is 0.481. The van der Waals surface area contributed by atoms with Gasteiger partial charge in [0, 0.05) is 12.5 Å². The maximum Gasteiger partial charge on any atom is 0.392 e. The number of piperidine rings is 1. The van der Waals surface area contributed by atoms with Gasteiger partial charge in [-0.3, -0.25) is 9.59 Å². The third-order valence-corrected chi connectivity index (χ3v) is 6.84. The molecule has 1 heterocycles. The largest absolute Gasteiger partial charge is 0.493 e. The number of hydrogen-bond acceptors (Lipinski definition) is 4. The van der Waals surface area contributed by atoms with E-state index < -0.39 is 30.7 Å². The summed E-state index contributed by atoms with van der Waals surface area (Å²) in [6, 6.07) is 15.6. The summed E-state index contributed by atoms with van der Waals surface area (Å²) in [5.41, 5.74) is 0.975. The average Bonchev–Trinajstić information content (AvgIpc) is 3.67. The predicted molar refractivity (Wildman–Crippen MR) is 130 cm³/mol. The Morgan fingerprint density at radius 1 is 1.03 bits per heavy atom. The zero-order valence-corrected chi connectivity index (χ0v) is 20.1. The van der Waals surface area contributed by atoms with Gasteiger partial charge in [-0.25, -0.2) is 0 Å². The SMILES string of the molecule is O=C(NC1CCNCC1)C(Cc1ccccc1)NC(=O)C1(c2ccc(OCCC(F)(F)F)cc2)CC1. The molecule has 1 unspecified atom stereocenters. The number of ether oxygens (including phenoxy) is 1. The molecule has 194 valence electrons. The summed E-state index contributed by atoms with van der Waals surface area (Å²) in [6.45, 7) is 1.24. The van der Waals surface area contributed by atoms with Crippen molar-refractivity contribution in [1.29, 1.82) is 0 Å². The molecule has 0 spiro atoms. The molecule has 2 aromatic carbocycles. The van der Waals surface area contributed by atoms with Crippen molar-refractivity contribution in [1.82, 2.24) is 16.0 Å². The summed E-state index contributed by atoms with van der Waals surface area (Å²) < 4.78 is 42.2. The van der Waals surface area contributed by atoms with Crippen molar-refractivity contribution in [3.63, 3.8) is 0 Å². The maximum absolute atomic E-state index is 13.4. The number of amides is 2. The van der Waals surface area contributed by atoms with Crippen LogP contribution in [0.2, 0.25) is 0 Å². The molecule has 2 fully saturated rings. The molecule has 2 aliphatic rings. The number of nitrogens with one attached hydrogen (secondary N) is 3. The Bertz CT molecular complexity index is 1020. The molecule has 1 saturated heterocycles. The number of hydrogen-bond donors (Lipinski definition) is 3. The van der Waals surface area contributed by atoms with Crippen LogP contribution in [0.25, 0.3) is 0 Å². The summed E-state index contributed by atoms with van der Waals surface area (Å²) >= 11 is 0. The normalized spacial score (nSPS) is 18.2. The van der Waals surface area contributed by atoms with E-state index in [1.165, 1.54) is 0 Å². The van der Waals surface area contributed by atoms with E-state index in [-0.39, 0.29) is 17.9 Å². The molecular weight excluding hydrogens is 471 g/mol. The highest BCUT2D eigenvalue weighted by atomic mass is 19.4. The zero-order chi connectivity index (χ0) is 25.6. The van der Waals surface area contributed by atoms with Crippen LogP contribution >= 0.6 is 0 Å². The lowest BCUT2D eigenvalue weighted by Crippen LogP contribution is -2.54. The Morgan fingerprint density at radius 3 is 2.31 bits per heavy atom. The van der Waals surface area contributed by atoms with Crippen molar-refractivity contribution in [2.45, 2.75) is 62.2 Å². The number of benzene rings is 2. The Labute approximate surface area is 209 Å². The van der Waals surface area contributed by atoms with E-state index in [1.54, 1.807) is 24.3 Å². The molecule has 1 aliphatic heterocycles. The second-order valence-electron chi connectivity index (χ2n) is 9.57. The molecule has 0 radical (unpaired) electrons. The first-order valence-electron chi connectivity index (χ1n) is 12.4. The van der Waals surface area contributed by atoms with Crippen LogP contribution in [0.5, 0.6) is 5.75 Å². The van der Waals surface area contributed by atoms with Crippen LogP contribution in [0.4, 0.5) is 13.2 Å². The van der Waals surface area contributed by atoms with Crippen LogP contribution in [0, 0.1) is 0 Å². The van der Waals surface area contributed by atoms with Gasteiger partial charge in [0.05, 0.1) is 18.4 Å². The fourth-order valence-electron chi connectivity index (χ4n) is 4.55. The first-order chi connectivity index (χ1) is 17.2. The van der Waals surface area contributed by atoms with Crippen molar-refractivity contribution >= 4 is 11.8 Å². The van der Waals surface area contributed by atoms with E-state index in [2.05, 4.69) is 16.0 Å². The average molecular weight is 504 g/mol. The number of rotatable bonds is 10. The molecule has 3 N–H and O–H groups in total. The number of carbonyl (C=O) groups excluding carboxylic acids is 2. The van der Waals surface area contributed by atoms with Crippen LogP contribution in [-0.2, 0) is 21.4 Å². The van der Waals surface area contributed by atoms with E-state index in [9.17, 15) is 22.8 Å². The molecule has 2 amide bonds. The van der Waals surface area contributed by atoms with Gasteiger partial charge in [0.25, 0.3) is 0 Å². The standard InChI is InChI=1S/C27H32F3N3O3/c28-27(29,30)14-17-36-22-8-6-20(7-9-22)26(12-13-26)25(35)33-23(18-19-4-2-1-3-5-19)24(34)32-21-10-15-31-16-11-21/h1-9,21,23,31H,10-18H2,(H,32,34)(H,33,35). The van der Waals surface area contributed by atoms with Gasteiger partial charge in [-0.1, -0.05) is 42.5 Å². The van der Waals surface area contributed by atoms with Crippen molar-refractivity contribution < 1.29 is 27.5 Å². The number of halogens is 3. The fourth-order valence-corrected chi connectivity index (χ4v) is 4.55. The van der Waals surface area contributed by atoms with Crippen LogP contribution in [-0.4, -0.2) is 49.8 Å². The summed E-state index contributed by atoms with van der Waals surface area (Å²) in [4.78, 5) is 26.6. The van der Waals surface area contributed by atoms with Crippen LogP contribution in [0.3, 0.4) is 0 Å². The highest BCUT2D eigenvalue weighted by Crippen LogP contribution is 2.48. The van der Waals surface area contributed by atoms with Gasteiger partial charge in [0.1, 0.15) is 11.8 Å². The predicted octanol–water partition coefficient (Wildman–Crippen LogP) is 3.65. The van der Waals surface area contributed by atoms with Gasteiger partial charge in [0.2, 0.25) is 11.8 Å². The Morgan fingerprint density at radius 2 is 1.69 bits per heavy atom. The van der Waals surface area contributed by atoms with Gasteiger partial charge in [-0.05, 0) is 62.0 Å². The molecule has 6 nitrogen and oxygen atoms in total. The first-order valence-corrected chi connectivity index (χ1v) is 12.4. The number of alkyl halides is 3. The van der Waals surface area contributed by atoms with E-state index in [0.717, 1.165) is 37.1 Å². The van der Waals surface area contributed by atoms with Gasteiger partial charge in [0.15, 0.2) is 0 Å². The van der Waals surface area contributed by atoms with E-state index in [0.29, 0.717) is 25.0 Å². The van der Waals surface area contributed by atoms with Gasteiger partial charge in [-0.15, -0.1) is 0 Å². The summed E-state index contributed by atoms with van der Waals surface area (Å²) in [5, 5.41) is 9.38. The smallest absolute Gasteiger partial charge is 0.392 e. The molecule has 2 aromatic rings. The minimum Gasteiger partial charge on any atom is -0.493 e. The quantitative estimate of drug-likeness (QED) is 0.463. The van der Waals surface area contributed by atoms with Crippen molar-refractivity contribution in [3.05, 3.63) is 65.7 Å². The highest BCUT2D eigenvalue weighted by molar-refractivity contribution is 5.95. The molecule has 1 atom stereocenters. The minimum atomic E-state index is -4.27. The zero-order valence-electron chi connectivity index (χ0n) is 20.1. The molecular formula is C27H32F3N3O3. The first kappa shape index (κ1) is 26.0. The lowest BCUT2D eigenvalue weighted by atomic mass is 9.93. The van der Waals surface area contributed by atoms with Crippen LogP contribution < -0.4 is 20.7 Å². The molecule has 0 bridgehead atoms. The van der Waals surface area contributed by atoms with Gasteiger partial charge < -0.3 is 20.7 Å². The minimum absolute atomic E-state index is 0.0775. The molecule has 9 heteroatoms. The summed E-state index contributed by atoms with van der Waals surface area (Å²) in [6.07, 6.45) is -1.94. The molecule has 1 saturated carbocycles. The van der Waals surface area contributed by atoms with Crippen LogP contribution in [0.1, 0.15) is 43.2 Å². The Kier molecular flexibility index (Phi) is 8.18. The summed E-state index contributed by atoms with van der Waals surface area (Å²) in [5.74, 6) is -0.0829. The summed E-state index contributed by atoms with van der Waals surface area (Å²) in [7, 11) is 0. The maximum atomic E-state index is 13.4. The van der Waals surface area contributed by atoms with Gasteiger partial charge >= 0.3 is 6.18 Å². The van der Waals surface area contributed by atoms with E-state index in [4.69, 9.17) is 4.74 Å². The van der Waals surface area contributed by atoms with Crippen molar-refractivity contribution in [2.75, 3.05) is 19.7 Å². The van der Waals surface area contributed by atoms with Crippen molar-refractivity contribution in [3.8, 4) is 5.75 Å². The monoisotopic (exact) mass is 503 g/mol. The molecule has 0 aromatic heterocycles. The van der Waals surface area contributed by atoms with E-state index in [1.807, 2.05) is 30.3 Å². The van der Waals surface area contributed by atoms with E-state index >= 15 is 0 Å². The number of carbonyl (C=O) groups is 2. The second kappa shape index (κ2) is 11.3. The topological polar surface area (TPSA) is 79.5 Å². The Hall–Kier alpha value is -3.07. The molecule has 4 rings (SSSR count). The molecule has 36 heavy (non-hydrogen) atoms. The van der Waals surface area contributed by atoms with Crippen LogP contribution in [0.15, 0.2) is 54.6 Å². The lowest BCUT2D eigenvalue weighted by Gasteiger charge is -2.27. The third-order valence-electron chi connectivity index (χ3n) is 6.84. The Balaban J connectivity index is 1.42. The third kappa shape index (κ3) is 7.00. The van der Waals surface area contributed by atoms with Gasteiger partial charge in [-0.2, -0.15) is 13.2 Å². The van der Waals surface area contributed by atoms with Crippen molar-refractivity contribution in [2.24, 2.45) is 0 Å². The highest BCUT2D eigenvalue weighted by Gasteiger charge is 2.52. The lowest BCUT2D eigenvalue weighted by molar-refractivity contribution is -0.139. The molecule has 1 aliphatic carbocycles. The second-order valence-corrected chi connectivity index (χ2v) is 9.57.